The van der Waals surface area contributed by atoms with Crippen molar-refractivity contribution < 1.29 is 22.4 Å². The number of amides is 2. The maximum absolute atomic E-state index is 14.7. The first-order valence-corrected chi connectivity index (χ1v) is 13.5. The fraction of sp³-hybridized carbons (Fsp3) is 0.462. The minimum absolute atomic E-state index is 0.0697. The molecular formula is C26H35FN4O4S. The van der Waals surface area contributed by atoms with Gasteiger partial charge in [-0.2, -0.15) is 12.7 Å². The van der Waals surface area contributed by atoms with Crippen molar-refractivity contribution in [1.29, 1.82) is 0 Å². The molecular weight excluding hydrogens is 483 g/mol. The summed E-state index contributed by atoms with van der Waals surface area (Å²) < 4.78 is 42.6. The van der Waals surface area contributed by atoms with Crippen molar-refractivity contribution in [1.82, 2.24) is 14.5 Å². The Labute approximate surface area is 213 Å². The van der Waals surface area contributed by atoms with Crippen LogP contribution in [0.25, 0.3) is 0 Å². The van der Waals surface area contributed by atoms with Crippen LogP contribution in [0.2, 0.25) is 0 Å². The van der Waals surface area contributed by atoms with Crippen LogP contribution >= 0.6 is 0 Å². The van der Waals surface area contributed by atoms with Gasteiger partial charge in [0.25, 0.3) is 0 Å². The number of nitrogens with one attached hydrogen (secondary N) is 1. The van der Waals surface area contributed by atoms with Crippen molar-refractivity contribution in [2.75, 3.05) is 24.9 Å². The Kier molecular flexibility index (Phi) is 9.08. The summed E-state index contributed by atoms with van der Waals surface area (Å²) in [5.74, 6) is -1.68. The zero-order chi connectivity index (χ0) is 26.5. The highest BCUT2D eigenvalue weighted by molar-refractivity contribution is 7.90. The molecule has 0 radical (unpaired) electrons. The van der Waals surface area contributed by atoms with Crippen molar-refractivity contribution in [2.24, 2.45) is 0 Å². The van der Waals surface area contributed by atoms with Gasteiger partial charge in [0.05, 0.1) is 5.69 Å². The summed E-state index contributed by atoms with van der Waals surface area (Å²) in [7, 11) is -1.58. The molecule has 1 saturated carbocycles. The minimum Gasteiger partial charge on any atom is -0.352 e. The fourth-order valence-electron chi connectivity index (χ4n) is 4.22. The largest absolute Gasteiger partial charge is 0.352 e. The quantitative estimate of drug-likeness (QED) is 0.523. The molecule has 2 amide bonds. The van der Waals surface area contributed by atoms with E-state index < -0.39 is 34.5 Å². The van der Waals surface area contributed by atoms with E-state index in [4.69, 9.17) is 0 Å². The molecule has 0 heterocycles. The van der Waals surface area contributed by atoms with Crippen molar-refractivity contribution in [3.63, 3.8) is 0 Å². The third-order valence-electron chi connectivity index (χ3n) is 6.48. The van der Waals surface area contributed by atoms with Gasteiger partial charge in [0, 0.05) is 26.7 Å². The van der Waals surface area contributed by atoms with Gasteiger partial charge in [0.1, 0.15) is 18.4 Å². The molecule has 0 saturated heterocycles. The normalized spacial score (nSPS) is 15.1. The SMILES string of the molecule is Cc1ccc(CN(C(=O)CN(c2ccccc2F)S(=O)(=O)N(C)C)C(C)C(=O)NC2CCCC2)cc1. The van der Waals surface area contributed by atoms with E-state index in [9.17, 15) is 22.4 Å². The van der Waals surface area contributed by atoms with Crippen LogP contribution < -0.4 is 9.62 Å². The number of hydrogen-bond acceptors (Lipinski definition) is 4. The second kappa shape index (κ2) is 11.8. The first kappa shape index (κ1) is 27.6. The summed E-state index contributed by atoms with van der Waals surface area (Å²) in [6, 6.07) is 12.1. The number of nitrogens with zero attached hydrogens (tertiary/aromatic N) is 3. The molecule has 3 rings (SSSR count). The van der Waals surface area contributed by atoms with E-state index in [-0.39, 0.29) is 24.2 Å². The molecule has 0 aromatic heterocycles. The first-order chi connectivity index (χ1) is 17.0. The zero-order valence-electron chi connectivity index (χ0n) is 21.3. The summed E-state index contributed by atoms with van der Waals surface area (Å²) in [5.41, 5.74) is 1.60. The van der Waals surface area contributed by atoms with Gasteiger partial charge in [-0.1, -0.05) is 54.8 Å². The van der Waals surface area contributed by atoms with E-state index in [0.717, 1.165) is 51.5 Å². The van der Waals surface area contributed by atoms with E-state index in [0.29, 0.717) is 0 Å². The third kappa shape index (κ3) is 6.61. The number of halogens is 1. The molecule has 0 spiro atoms. The molecule has 0 bridgehead atoms. The van der Waals surface area contributed by atoms with E-state index >= 15 is 0 Å². The van der Waals surface area contributed by atoms with E-state index in [1.807, 2.05) is 31.2 Å². The Balaban J connectivity index is 1.93. The van der Waals surface area contributed by atoms with Crippen LogP contribution in [-0.4, -0.2) is 62.2 Å². The van der Waals surface area contributed by atoms with Crippen LogP contribution in [0.15, 0.2) is 48.5 Å². The number of carbonyl (C=O) groups is 2. The van der Waals surface area contributed by atoms with Crippen molar-refractivity contribution in [3.05, 3.63) is 65.5 Å². The van der Waals surface area contributed by atoms with Gasteiger partial charge in [0.2, 0.25) is 11.8 Å². The summed E-state index contributed by atoms with van der Waals surface area (Å²) in [6.07, 6.45) is 3.88. The van der Waals surface area contributed by atoms with Crippen LogP contribution in [0.1, 0.15) is 43.7 Å². The number of hydrogen-bond donors (Lipinski definition) is 1. The van der Waals surface area contributed by atoms with Gasteiger partial charge in [-0.25, -0.2) is 8.70 Å². The lowest BCUT2D eigenvalue weighted by Gasteiger charge is -2.33. The number of carbonyl (C=O) groups excluding carboxylic acids is 2. The monoisotopic (exact) mass is 518 g/mol. The van der Waals surface area contributed by atoms with E-state index in [1.54, 1.807) is 6.92 Å². The lowest BCUT2D eigenvalue weighted by atomic mass is 10.1. The van der Waals surface area contributed by atoms with E-state index in [2.05, 4.69) is 5.32 Å². The molecule has 1 aliphatic carbocycles. The van der Waals surface area contributed by atoms with Crippen LogP contribution in [0.5, 0.6) is 0 Å². The molecule has 1 fully saturated rings. The van der Waals surface area contributed by atoms with E-state index in [1.165, 1.54) is 37.2 Å². The van der Waals surface area contributed by atoms with Crippen molar-refractivity contribution >= 4 is 27.7 Å². The van der Waals surface area contributed by atoms with Crippen molar-refractivity contribution in [2.45, 2.75) is 58.2 Å². The predicted molar refractivity (Wildman–Crippen MR) is 138 cm³/mol. The van der Waals surface area contributed by atoms with Gasteiger partial charge in [-0.05, 0) is 44.4 Å². The van der Waals surface area contributed by atoms with Gasteiger partial charge in [0.15, 0.2) is 0 Å². The van der Waals surface area contributed by atoms with Gasteiger partial charge in [-0.3, -0.25) is 9.59 Å². The summed E-state index contributed by atoms with van der Waals surface area (Å²) in [6.45, 7) is 3.02. The Morgan fingerprint density at radius 1 is 1.06 bits per heavy atom. The first-order valence-electron chi connectivity index (χ1n) is 12.1. The molecule has 1 N–H and O–H groups in total. The molecule has 196 valence electrons. The predicted octanol–water partition coefficient (Wildman–Crippen LogP) is 3.22. The van der Waals surface area contributed by atoms with Crippen LogP contribution in [0.3, 0.4) is 0 Å². The molecule has 8 nitrogen and oxygen atoms in total. The average molecular weight is 519 g/mol. The number of rotatable bonds is 10. The molecule has 2 aromatic rings. The van der Waals surface area contributed by atoms with Gasteiger partial charge < -0.3 is 10.2 Å². The van der Waals surface area contributed by atoms with Crippen LogP contribution in [0, 0.1) is 12.7 Å². The number of anilines is 1. The molecule has 10 heteroatoms. The minimum atomic E-state index is -4.21. The number of benzene rings is 2. The Morgan fingerprint density at radius 2 is 1.67 bits per heavy atom. The fourth-order valence-corrected chi connectivity index (χ4v) is 5.29. The molecule has 0 aliphatic heterocycles. The highest BCUT2D eigenvalue weighted by atomic mass is 32.2. The summed E-state index contributed by atoms with van der Waals surface area (Å²) in [5, 5.41) is 3.02. The molecule has 1 unspecified atom stereocenters. The smallest absolute Gasteiger partial charge is 0.304 e. The Morgan fingerprint density at radius 3 is 2.25 bits per heavy atom. The third-order valence-corrected chi connectivity index (χ3v) is 8.29. The van der Waals surface area contributed by atoms with Crippen LogP contribution in [0.4, 0.5) is 10.1 Å². The Bertz CT molecular complexity index is 1160. The second-order valence-electron chi connectivity index (χ2n) is 9.42. The zero-order valence-corrected chi connectivity index (χ0v) is 22.1. The second-order valence-corrected chi connectivity index (χ2v) is 11.5. The highest BCUT2D eigenvalue weighted by Crippen LogP contribution is 2.24. The maximum atomic E-state index is 14.7. The number of para-hydroxylation sites is 1. The van der Waals surface area contributed by atoms with Crippen molar-refractivity contribution in [3.8, 4) is 0 Å². The lowest BCUT2D eigenvalue weighted by Crippen LogP contribution is -2.53. The standard InChI is InChI=1S/C26H35FN4O4S/c1-19-13-15-21(16-14-19)17-30(20(2)26(33)28-22-9-5-6-10-22)25(32)18-31(36(34,35)29(3)4)24-12-8-7-11-23(24)27/h7-8,11-16,20,22H,5-6,9-10,17-18H2,1-4H3,(H,28,33). The maximum Gasteiger partial charge on any atom is 0.304 e. The Hall–Kier alpha value is -2.98. The molecule has 36 heavy (non-hydrogen) atoms. The molecule has 1 aliphatic rings. The topological polar surface area (TPSA) is 90.0 Å². The van der Waals surface area contributed by atoms with Gasteiger partial charge in [-0.15, -0.1) is 0 Å². The summed E-state index contributed by atoms with van der Waals surface area (Å²) >= 11 is 0. The molecule has 2 aromatic carbocycles. The molecule has 1 atom stereocenters. The summed E-state index contributed by atoms with van der Waals surface area (Å²) in [4.78, 5) is 28.1. The number of aryl methyl sites for hydroxylation is 1. The highest BCUT2D eigenvalue weighted by Gasteiger charge is 2.34. The average Bonchev–Trinajstić information content (AvgIpc) is 3.35. The van der Waals surface area contributed by atoms with Gasteiger partial charge >= 0.3 is 10.2 Å². The van der Waals surface area contributed by atoms with Crippen LogP contribution in [-0.2, 0) is 26.3 Å². The lowest BCUT2D eigenvalue weighted by molar-refractivity contribution is -0.139.